The smallest absolute Gasteiger partial charge is 0.331 e. The van der Waals surface area contributed by atoms with Crippen LogP contribution in [-0.2, 0) is 9.59 Å². The molecule has 4 heteroatoms. The average molecular weight is 248 g/mol. The molecule has 4 unspecified atom stereocenters. The van der Waals surface area contributed by atoms with Crippen molar-refractivity contribution < 1.29 is 19.8 Å². The number of fused-ring (bicyclic) bond motifs is 1. The summed E-state index contributed by atoms with van der Waals surface area (Å²) in [5.74, 6) is -1.96. The summed E-state index contributed by atoms with van der Waals surface area (Å²) in [6.45, 7) is 0. The van der Waals surface area contributed by atoms with Crippen molar-refractivity contribution in [2.45, 2.75) is 25.7 Å². The van der Waals surface area contributed by atoms with Gasteiger partial charge in [-0.1, -0.05) is 18.2 Å². The third-order valence-corrected chi connectivity index (χ3v) is 4.94. The van der Waals surface area contributed by atoms with E-state index in [-0.39, 0.29) is 17.8 Å². The molecule has 0 spiro atoms. The lowest BCUT2D eigenvalue weighted by Gasteiger charge is -2.53. The van der Waals surface area contributed by atoms with Gasteiger partial charge in [0.15, 0.2) is 0 Å². The van der Waals surface area contributed by atoms with Gasteiger partial charge in [-0.05, 0) is 43.4 Å². The van der Waals surface area contributed by atoms with Gasteiger partial charge < -0.3 is 10.2 Å². The first kappa shape index (κ1) is 11.5. The second kappa shape index (κ2) is 3.70. The molecule has 2 N–H and O–H groups in total. The first-order chi connectivity index (χ1) is 8.57. The summed E-state index contributed by atoms with van der Waals surface area (Å²) in [6, 6.07) is 0. The molecule has 0 radical (unpaired) electrons. The number of carbonyl (C=O) groups is 2. The van der Waals surface area contributed by atoms with Crippen molar-refractivity contribution in [3.05, 3.63) is 23.8 Å². The zero-order valence-corrected chi connectivity index (χ0v) is 10.0. The van der Waals surface area contributed by atoms with E-state index in [1.165, 1.54) is 0 Å². The highest BCUT2D eigenvalue weighted by Crippen LogP contribution is 2.59. The quantitative estimate of drug-likeness (QED) is 0.734. The van der Waals surface area contributed by atoms with Crippen LogP contribution >= 0.6 is 0 Å². The lowest BCUT2D eigenvalue weighted by atomic mass is 9.49. The van der Waals surface area contributed by atoms with Crippen LogP contribution in [0.15, 0.2) is 23.8 Å². The minimum absolute atomic E-state index is 0.0464. The van der Waals surface area contributed by atoms with Crippen LogP contribution in [-0.4, -0.2) is 22.2 Å². The zero-order valence-electron chi connectivity index (χ0n) is 10.0. The van der Waals surface area contributed by atoms with Crippen molar-refractivity contribution in [2.24, 2.45) is 23.2 Å². The molecular weight excluding hydrogens is 232 g/mol. The summed E-state index contributed by atoms with van der Waals surface area (Å²) in [6.07, 6.45) is 8.72. The fourth-order valence-corrected chi connectivity index (χ4v) is 4.20. The van der Waals surface area contributed by atoms with E-state index >= 15 is 0 Å². The Labute approximate surface area is 105 Å². The van der Waals surface area contributed by atoms with Crippen molar-refractivity contribution in [3.8, 4) is 0 Å². The highest BCUT2D eigenvalue weighted by molar-refractivity contribution is 5.89. The molecule has 4 aliphatic rings. The molecule has 0 aromatic carbocycles. The number of hydrogen-bond donors (Lipinski definition) is 2. The molecule has 0 saturated heterocycles. The number of allylic oxidation sites excluding steroid dienone is 2. The molecule has 4 aliphatic carbocycles. The second-order valence-electron chi connectivity index (χ2n) is 5.54. The van der Waals surface area contributed by atoms with E-state index in [9.17, 15) is 19.8 Å². The van der Waals surface area contributed by atoms with E-state index in [2.05, 4.69) is 0 Å². The Morgan fingerprint density at radius 2 is 2.00 bits per heavy atom. The second-order valence-corrected chi connectivity index (χ2v) is 5.54. The number of carboxylic acid groups (broad SMARTS) is 2. The first-order valence-electron chi connectivity index (χ1n) is 6.43. The van der Waals surface area contributed by atoms with Crippen LogP contribution in [0.3, 0.4) is 0 Å². The number of hydrogen-bond acceptors (Lipinski definition) is 2. The lowest BCUT2D eigenvalue weighted by Crippen LogP contribution is -2.54. The van der Waals surface area contributed by atoms with Crippen LogP contribution < -0.4 is 0 Å². The molecule has 2 bridgehead atoms. The molecule has 0 heterocycles. The van der Waals surface area contributed by atoms with E-state index in [1.807, 2.05) is 12.2 Å². The van der Waals surface area contributed by atoms with Gasteiger partial charge in [-0.2, -0.15) is 0 Å². The Hall–Kier alpha value is -1.58. The van der Waals surface area contributed by atoms with Gasteiger partial charge in [-0.3, -0.25) is 4.79 Å². The Morgan fingerprint density at radius 1 is 1.22 bits per heavy atom. The molecule has 4 atom stereocenters. The molecule has 4 rings (SSSR count). The van der Waals surface area contributed by atoms with E-state index in [0.29, 0.717) is 5.57 Å². The molecule has 1 saturated carbocycles. The highest BCUT2D eigenvalue weighted by Gasteiger charge is 2.59. The predicted molar refractivity (Wildman–Crippen MR) is 63.9 cm³/mol. The first-order valence-corrected chi connectivity index (χ1v) is 6.43. The van der Waals surface area contributed by atoms with Crippen LogP contribution in [0.25, 0.3) is 0 Å². The van der Waals surface area contributed by atoms with Crippen molar-refractivity contribution >= 4 is 11.9 Å². The van der Waals surface area contributed by atoms with Crippen LogP contribution in [0.4, 0.5) is 0 Å². The molecule has 96 valence electrons. The standard InChI is InChI=1S/C14H16O4/c15-12(16)10-7-8-4-5-9(10)11-3-1-2-6-14(8,11)13(17)18/h2,6-9,11H,1,3-5H2,(H,15,16)(H,17,18). The van der Waals surface area contributed by atoms with Gasteiger partial charge in [-0.15, -0.1) is 0 Å². The minimum atomic E-state index is -0.877. The zero-order chi connectivity index (χ0) is 12.9. The van der Waals surface area contributed by atoms with Gasteiger partial charge in [-0.25, -0.2) is 4.79 Å². The Morgan fingerprint density at radius 3 is 2.67 bits per heavy atom. The van der Waals surface area contributed by atoms with Crippen molar-refractivity contribution in [3.63, 3.8) is 0 Å². The van der Waals surface area contributed by atoms with Gasteiger partial charge in [0, 0.05) is 5.57 Å². The maximum atomic E-state index is 11.7. The Bertz CT molecular complexity index is 476. The summed E-state index contributed by atoms with van der Waals surface area (Å²) in [5, 5.41) is 18.9. The van der Waals surface area contributed by atoms with Crippen LogP contribution in [0.2, 0.25) is 0 Å². The van der Waals surface area contributed by atoms with E-state index in [4.69, 9.17) is 0 Å². The van der Waals surface area contributed by atoms with E-state index < -0.39 is 17.4 Å². The summed E-state index contributed by atoms with van der Waals surface area (Å²) in [7, 11) is 0. The summed E-state index contributed by atoms with van der Waals surface area (Å²) in [5.41, 5.74) is -0.399. The number of rotatable bonds is 2. The van der Waals surface area contributed by atoms with Crippen LogP contribution in [0.5, 0.6) is 0 Å². The Kier molecular flexibility index (Phi) is 2.37. The van der Waals surface area contributed by atoms with E-state index in [1.54, 1.807) is 6.08 Å². The molecule has 0 aromatic rings. The molecule has 1 fully saturated rings. The Balaban J connectivity index is 2.14. The van der Waals surface area contributed by atoms with Crippen molar-refractivity contribution in [1.29, 1.82) is 0 Å². The minimum Gasteiger partial charge on any atom is -0.481 e. The van der Waals surface area contributed by atoms with Crippen molar-refractivity contribution in [2.75, 3.05) is 0 Å². The molecule has 0 amide bonds. The maximum absolute atomic E-state index is 11.7. The highest BCUT2D eigenvalue weighted by atomic mass is 16.4. The summed E-state index contributed by atoms with van der Waals surface area (Å²) < 4.78 is 0. The largest absolute Gasteiger partial charge is 0.481 e. The molecule has 0 aromatic heterocycles. The SMILES string of the molecule is O=C(O)C1=CC2CCC1C1CCC=CC21C(=O)O. The number of carboxylic acids is 2. The van der Waals surface area contributed by atoms with Crippen molar-refractivity contribution in [1.82, 2.24) is 0 Å². The van der Waals surface area contributed by atoms with Gasteiger partial charge in [0.05, 0.1) is 5.41 Å². The lowest BCUT2D eigenvalue weighted by molar-refractivity contribution is -0.158. The monoisotopic (exact) mass is 248 g/mol. The van der Waals surface area contributed by atoms with E-state index in [0.717, 1.165) is 25.7 Å². The topological polar surface area (TPSA) is 74.6 Å². The third kappa shape index (κ3) is 1.26. The molecule has 18 heavy (non-hydrogen) atoms. The maximum Gasteiger partial charge on any atom is 0.331 e. The fourth-order valence-electron chi connectivity index (χ4n) is 4.20. The normalized spacial score (nSPS) is 41.1. The molecular formula is C14H16O4. The molecule has 0 aliphatic heterocycles. The van der Waals surface area contributed by atoms with Gasteiger partial charge in [0.25, 0.3) is 0 Å². The summed E-state index contributed by atoms with van der Waals surface area (Å²) in [4.78, 5) is 23.0. The molecule has 4 nitrogen and oxygen atoms in total. The van der Waals surface area contributed by atoms with Gasteiger partial charge in [0.2, 0.25) is 0 Å². The number of aliphatic carboxylic acids is 2. The predicted octanol–water partition coefficient (Wildman–Crippen LogP) is 2.07. The third-order valence-electron chi connectivity index (χ3n) is 4.94. The summed E-state index contributed by atoms with van der Waals surface area (Å²) >= 11 is 0. The van der Waals surface area contributed by atoms with Crippen LogP contribution in [0.1, 0.15) is 25.7 Å². The van der Waals surface area contributed by atoms with Gasteiger partial charge >= 0.3 is 11.9 Å². The van der Waals surface area contributed by atoms with Gasteiger partial charge in [0.1, 0.15) is 0 Å². The van der Waals surface area contributed by atoms with Crippen LogP contribution in [0, 0.1) is 23.2 Å². The average Bonchev–Trinajstić information content (AvgIpc) is 2.39. The fraction of sp³-hybridized carbons (Fsp3) is 0.571.